The zero-order valence-corrected chi connectivity index (χ0v) is 11.1. The summed E-state index contributed by atoms with van der Waals surface area (Å²) in [6, 6.07) is 3.94. The normalized spacial score (nSPS) is 19.2. The molecule has 1 aromatic rings. The lowest BCUT2D eigenvalue weighted by Gasteiger charge is -2.34. The van der Waals surface area contributed by atoms with E-state index in [1.54, 1.807) is 19.1 Å². The minimum atomic E-state index is -0.467. The van der Waals surface area contributed by atoms with Gasteiger partial charge in [-0.1, -0.05) is 13.0 Å². The van der Waals surface area contributed by atoms with E-state index in [2.05, 4.69) is 5.32 Å². The van der Waals surface area contributed by atoms with Gasteiger partial charge in [0.2, 0.25) is 5.91 Å². The second-order valence-corrected chi connectivity index (χ2v) is 4.68. The number of hydrogen-bond acceptors (Lipinski definition) is 2. The number of hydrogen-bond donors (Lipinski definition) is 1. The Hall–Kier alpha value is -1.91. The largest absolute Gasteiger partial charge is 0.353 e. The Labute approximate surface area is 111 Å². The van der Waals surface area contributed by atoms with Crippen LogP contribution >= 0.6 is 0 Å². The zero-order valence-electron chi connectivity index (χ0n) is 11.1. The van der Waals surface area contributed by atoms with Crippen molar-refractivity contribution < 1.29 is 14.0 Å². The van der Waals surface area contributed by atoms with E-state index in [1.807, 2.05) is 6.92 Å². The Morgan fingerprint density at radius 3 is 2.89 bits per heavy atom. The summed E-state index contributed by atoms with van der Waals surface area (Å²) in [6.45, 7) is 4.40. The molecule has 1 saturated heterocycles. The summed E-state index contributed by atoms with van der Waals surface area (Å²) in [5.74, 6) is -0.837. The van der Waals surface area contributed by atoms with E-state index < -0.39 is 11.9 Å². The van der Waals surface area contributed by atoms with Crippen molar-refractivity contribution in [3.63, 3.8) is 0 Å². The average molecular weight is 264 g/mol. The number of benzene rings is 1. The minimum Gasteiger partial charge on any atom is -0.353 e. The molecule has 0 saturated carbocycles. The van der Waals surface area contributed by atoms with Gasteiger partial charge in [-0.15, -0.1) is 0 Å². The number of carbonyl (C=O) groups excluding carboxylic acids is 2. The SMILES string of the molecule is CC[C@@H]1C(=O)NCCN1C(=O)c1ccc(C)c(F)c1. The fourth-order valence-corrected chi connectivity index (χ4v) is 2.26. The first-order valence-corrected chi connectivity index (χ1v) is 6.39. The van der Waals surface area contributed by atoms with Gasteiger partial charge in [0, 0.05) is 18.7 Å². The molecule has 5 heteroatoms. The van der Waals surface area contributed by atoms with Crippen molar-refractivity contribution in [3.05, 3.63) is 35.1 Å². The summed E-state index contributed by atoms with van der Waals surface area (Å²) in [5, 5.41) is 2.73. The molecule has 1 aliphatic rings. The number of rotatable bonds is 2. The second-order valence-electron chi connectivity index (χ2n) is 4.68. The number of amides is 2. The van der Waals surface area contributed by atoms with Crippen LogP contribution in [0.3, 0.4) is 0 Å². The minimum absolute atomic E-state index is 0.144. The van der Waals surface area contributed by atoms with Crippen LogP contribution in [0.4, 0.5) is 4.39 Å². The first kappa shape index (κ1) is 13.5. The topological polar surface area (TPSA) is 49.4 Å². The van der Waals surface area contributed by atoms with Gasteiger partial charge in [-0.05, 0) is 31.0 Å². The van der Waals surface area contributed by atoms with Crippen LogP contribution in [-0.4, -0.2) is 35.8 Å². The maximum absolute atomic E-state index is 13.5. The molecule has 0 radical (unpaired) electrons. The first-order chi connectivity index (χ1) is 9.04. The molecule has 102 valence electrons. The van der Waals surface area contributed by atoms with Crippen LogP contribution in [0.15, 0.2) is 18.2 Å². The van der Waals surface area contributed by atoms with E-state index in [0.717, 1.165) is 0 Å². The highest BCUT2D eigenvalue weighted by Crippen LogP contribution is 2.16. The maximum Gasteiger partial charge on any atom is 0.254 e. The summed E-state index contributed by atoms with van der Waals surface area (Å²) in [4.78, 5) is 25.6. The smallest absolute Gasteiger partial charge is 0.254 e. The Morgan fingerprint density at radius 2 is 2.26 bits per heavy atom. The molecule has 1 N–H and O–H groups in total. The van der Waals surface area contributed by atoms with E-state index in [0.29, 0.717) is 25.1 Å². The first-order valence-electron chi connectivity index (χ1n) is 6.39. The lowest BCUT2D eigenvalue weighted by molar-refractivity contribution is -0.127. The zero-order chi connectivity index (χ0) is 14.0. The van der Waals surface area contributed by atoms with Crippen LogP contribution < -0.4 is 5.32 Å². The van der Waals surface area contributed by atoms with E-state index in [4.69, 9.17) is 0 Å². The fraction of sp³-hybridized carbons (Fsp3) is 0.429. The van der Waals surface area contributed by atoms with Gasteiger partial charge in [0.25, 0.3) is 5.91 Å². The third-order valence-electron chi connectivity index (χ3n) is 3.40. The van der Waals surface area contributed by atoms with Crippen LogP contribution in [0.5, 0.6) is 0 Å². The summed E-state index contributed by atoms with van der Waals surface area (Å²) >= 11 is 0. The van der Waals surface area contributed by atoms with Crippen LogP contribution in [-0.2, 0) is 4.79 Å². The molecule has 0 bridgehead atoms. The van der Waals surface area contributed by atoms with Crippen molar-refractivity contribution in [2.45, 2.75) is 26.3 Å². The molecule has 1 heterocycles. The molecule has 1 fully saturated rings. The Bertz CT molecular complexity index is 516. The van der Waals surface area contributed by atoms with Crippen molar-refractivity contribution in [1.29, 1.82) is 0 Å². The van der Waals surface area contributed by atoms with Gasteiger partial charge in [0.15, 0.2) is 0 Å². The third kappa shape index (κ3) is 2.59. The van der Waals surface area contributed by atoms with Gasteiger partial charge >= 0.3 is 0 Å². The number of nitrogens with zero attached hydrogens (tertiary/aromatic N) is 1. The van der Waals surface area contributed by atoms with Crippen molar-refractivity contribution in [3.8, 4) is 0 Å². The molecule has 4 nitrogen and oxygen atoms in total. The second kappa shape index (κ2) is 5.38. The van der Waals surface area contributed by atoms with Crippen molar-refractivity contribution in [2.24, 2.45) is 0 Å². The molecular formula is C14H17FN2O2. The van der Waals surface area contributed by atoms with E-state index in [1.165, 1.54) is 11.0 Å². The third-order valence-corrected chi connectivity index (χ3v) is 3.40. The van der Waals surface area contributed by atoms with E-state index in [-0.39, 0.29) is 17.4 Å². The molecule has 0 aliphatic carbocycles. The summed E-state index contributed by atoms with van der Waals surface area (Å²) in [6.07, 6.45) is 0.548. The lowest BCUT2D eigenvalue weighted by atomic mass is 10.1. The summed E-state index contributed by atoms with van der Waals surface area (Å²) in [7, 11) is 0. The van der Waals surface area contributed by atoms with Crippen LogP contribution in [0.25, 0.3) is 0 Å². The molecule has 0 spiro atoms. The van der Waals surface area contributed by atoms with E-state index in [9.17, 15) is 14.0 Å². The summed E-state index contributed by atoms with van der Waals surface area (Å²) < 4.78 is 13.5. The highest BCUT2D eigenvalue weighted by molar-refractivity contribution is 5.98. The van der Waals surface area contributed by atoms with Crippen LogP contribution in [0.2, 0.25) is 0 Å². The van der Waals surface area contributed by atoms with Crippen molar-refractivity contribution in [2.75, 3.05) is 13.1 Å². The van der Waals surface area contributed by atoms with E-state index >= 15 is 0 Å². The van der Waals surface area contributed by atoms with Gasteiger partial charge in [-0.3, -0.25) is 9.59 Å². The highest BCUT2D eigenvalue weighted by atomic mass is 19.1. The van der Waals surface area contributed by atoms with Gasteiger partial charge in [-0.25, -0.2) is 4.39 Å². The predicted octanol–water partition coefficient (Wildman–Crippen LogP) is 1.48. The number of aryl methyl sites for hydroxylation is 1. The molecule has 2 amide bonds. The monoisotopic (exact) mass is 264 g/mol. The van der Waals surface area contributed by atoms with Gasteiger partial charge in [-0.2, -0.15) is 0 Å². The van der Waals surface area contributed by atoms with Gasteiger partial charge in [0.1, 0.15) is 11.9 Å². The van der Waals surface area contributed by atoms with Crippen molar-refractivity contribution >= 4 is 11.8 Å². The number of carbonyl (C=O) groups is 2. The Kier molecular flexibility index (Phi) is 3.83. The quantitative estimate of drug-likeness (QED) is 0.879. The maximum atomic E-state index is 13.5. The van der Waals surface area contributed by atoms with Gasteiger partial charge < -0.3 is 10.2 Å². The lowest BCUT2D eigenvalue weighted by Crippen LogP contribution is -2.56. The van der Waals surface area contributed by atoms with Gasteiger partial charge in [0.05, 0.1) is 0 Å². The Morgan fingerprint density at radius 1 is 1.53 bits per heavy atom. The fourth-order valence-electron chi connectivity index (χ4n) is 2.26. The molecule has 1 aliphatic heterocycles. The predicted molar refractivity (Wildman–Crippen MR) is 69.3 cm³/mol. The molecule has 0 unspecified atom stereocenters. The average Bonchev–Trinajstić information content (AvgIpc) is 2.40. The van der Waals surface area contributed by atoms with Crippen LogP contribution in [0.1, 0.15) is 29.3 Å². The highest BCUT2D eigenvalue weighted by Gasteiger charge is 2.32. The number of halogens is 1. The molecule has 0 aromatic heterocycles. The number of nitrogens with one attached hydrogen (secondary N) is 1. The molecular weight excluding hydrogens is 247 g/mol. The standard InChI is InChI=1S/C14H17FN2O2/c1-3-12-13(18)16-6-7-17(12)14(19)10-5-4-9(2)11(15)8-10/h4-5,8,12H,3,6-7H2,1-2H3,(H,16,18)/t12-/m1/s1. The molecule has 1 aromatic carbocycles. The molecule has 2 rings (SSSR count). The number of piperazine rings is 1. The molecule has 19 heavy (non-hydrogen) atoms. The summed E-state index contributed by atoms with van der Waals surface area (Å²) in [5.41, 5.74) is 0.788. The molecule has 1 atom stereocenters. The Balaban J connectivity index is 2.26. The van der Waals surface area contributed by atoms with Crippen molar-refractivity contribution in [1.82, 2.24) is 10.2 Å². The van der Waals surface area contributed by atoms with Crippen LogP contribution in [0, 0.1) is 12.7 Å².